The normalized spacial score (nSPS) is 22.8. The van der Waals surface area contributed by atoms with Gasteiger partial charge in [-0.15, -0.1) is 0 Å². The zero-order valence-electron chi connectivity index (χ0n) is 4.24. The van der Waals surface area contributed by atoms with E-state index in [9.17, 15) is 0 Å². The molecule has 0 bridgehead atoms. The second kappa shape index (κ2) is 2.37. The molecule has 1 heterocycles. The van der Waals surface area contributed by atoms with Crippen molar-refractivity contribution in [2.75, 3.05) is 0 Å². The molecule has 50 valence electrons. The standard InChI is InChI=1S/C4H3Cl3N2/c5-3-1-8-2-9-4(3,6)7/h1-2H,(H,8,9). The molecule has 0 radical (unpaired) electrons. The van der Waals surface area contributed by atoms with E-state index in [4.69, 9.17) is 34.8 Å². The van der Waals surface area contributed by atoms with E-state index in [0.717, 1.165) is 0 Å². The zero-order valence-corrected chi connectivity index (χ0v) is 6.50. The van der Waals surface area contributed by atoms with E-state index in [1.807, 2.05) is 0 Å². The summed E-state index contributed by atoms with van der Waals surface area (Å²) in [6.45, 7) is 0. The van der Waals surface area contributed by atoms with Crippen LogP contribution in [0.5, 0.6) is 0 Å². The van der Waals surface area contributed by atoms with Gasteiger partial charge in [-0.2, -0.15) is 0 Å². The van der Waals surface area contributed by atoms with Crippen molar-refractivity contribution < 1.29 is 0 Å². The van der Waals surface area contributed by atoms with E-state index in [0.29, 0.717) is 0 Å². The first-order valence-corrected chi connectivity index (χ1v) is 3.30. The molecular weight excluding hydrogens is 182 g/mol. The first kappa shape index (κ1) is 7.19. The van der Waals surface area contributed by atoms with Crippen molar-refractivity contribution in [1.29, 1.82) is 0 Å². The maximum absolute atomic E-state index is 5.55. The summed E-state index contributed by atoms with van der Waals surface area (Å²) in [5, 5.41) is 2.91. The van der Waals surface area contributed by atoms with Gasteiger partial charge in [0.25, 0.3) is 0 Å². The Balaban J connectivity index is 2.83. The maximum Gasteiger partial charge on any atom is 0.246 e. The van der Waals surface area contributed by atoms with Crippen molar-refractivity contribution >= 4 is 41.1 Å². The molecule has 2 nitrogen and oxygen atoms in total. The van der Waals surface area contributed by atoms with Crippen molar-refractivity contribution in [1.82, 2.24) is 5.32 Å². The van der Waals surface area contributed by atoms with Gasteiger partial charge < -0.3 is 5.32 Å². The highest BCUT2D eigenvalue weighted by molar-refractivity contribution is 6.56. The molecule has 5 heteroatoms. The Hall–Kier alpha value is 0.0800. The third-order valence-electron chi connectivity index (χ3n) is 0.799. The van der Waals surface area contributed by atoms with Crippen LogP contribution in [0.3, 0.4) is 0 Å². The first-order valence-electron chi connectivity index (χ1n) is 2.16. The average Bonchev–Trinajstić information content (AvgIpc) is 1.77. The van der Waals surface area contributed by atoms with Crippen LogP contribution in [0.2, 0.25) is 0 Å². The molecule has 1 aliphatic rings. The van der Waals surface area contributed by atoms with Crippen molar-refractivity contribution in [3.63, 3.8) is 0 Å². The van der Waals surface area contributed by atoms with E-state index < -0.39 is 4.46 Å². The summed E-state index contributed by atoms with van der Waals surface area (Å²) in [5.74, 6) is 0. The van der Waals surface area contributed by atoms with Gasteiger partial charge in [-0.05, 0) is 0 Å². The number of halogens is 3. The number of aliphatic imine (C=N–C) groups is 1. The van der Waals surface area contributed by atoms with Gasteiger partial charge >= 0.3 is 0 Å². The molecule has 0 aliphatic carbocycles. The Kier molecular flexibility index (Phi) is 1.89. The van der Waals surface area contributed by atoms with E-state index in [1.165, 1.54) is 12.5 Å². The molecule has 0 spiro atoms. The Morgan fingerprint density at radius 1 is 1.56 bits per heavy atom. The lowest BCUT2D eigenvalue weighted by Crippen LogP contribution is -2.20. The van der Waals surface area contributed by atoms with Crippen molar-refractivity contribution in [3.05, 3.63) is 11.2 Å². The smallest absolute Gasteiger partial charge is 0.246 e. The number of rotatable bonds is 0. The number of hydrogen-bond acceptors (Lipinski definition) is 2. The lowest BCUT2D eigenvalue weighted by molar-refractivity contribution is 0.971. The van der Waals surface area contributed by atoms with Gasteiger partial charge in [0.15, 0.2) is 0 Å². The molecule has 0 saturated heterocycles. The van der Waals surface area contributed by atoms with Crippen LogP contribution in [0.25, 0.3) is 0 Å². The Bertz CT molecular complexity index is 173. The monoisotopic (exact) mass is 184 g/mol. The minimum absolute atomic E-state index is 0.272. The topological polar surface area (TPSA) is 24.4 Å². The summed E-state index contributed by atoms with van der Waals surface area (Å²) in [7, 11) is 0. The molecule has 0 atom stereocenters. The van der Waals surface area contributed by atoms with Gasteiger partial charge in [-0.1, -0.05) is 34.8 Å². The van der Waals surface area contributed by atoms with Crippen LogP contribution in [-0.4, -0.2) is 10.8 Å². The number of nitrogens with zero attached hydrogens (tertiary/aromatic N) is 1. The fourth-order valence-electron chi connectivity index (χ4n) is 0.377. The molecule has 0 unspecified atom stereocenters. The second-order valence-corrected chi connectivity index (χ2v) is 3.15. The molecule has 1 N–H and O–H groups in total. The van der Waals surface area contributed by atoms with Crippen LogP contribution in [0.15, 0.2) is 16.2 Å². The Morgan fingerprint density at radius 3 is 2.56 bits per heavy atom. The largest absolute Gasteiger partial charge is 0.352 e. The summed E-state index contributed by atoms with van der Waals surface area (Å²) in [5.41, 5.74) is 0. The molecular formula is C4H3Cl3N2. The highest BCUT2D eigenvalue weighted by atomic mass is 35.5. The van der Waals surface area contributed by atoms with Crippen LogP contribution in [-0.2, 0) is 0 Å². The van der Waals surface area contributed by atoms with Crippen LogP contribution in [0, 0.1) is 0 Å². The zero-order chi connectivity index (χ0) is 6.91. The summed E-state index contributed by atoms with van der Waals surface area (Å²) in [6, 6.07) is 0. The number of hydrogen-bond donors (Lipinski definition) is 1. The highest BCUT2D eigenvalue weighted by Crippen LogP contribution is 2.34. The molecule has 0 saturated carbocycles. The van der Waals surface area contributed by atoms with Crippen molar-refractivity contribution in [2.45, 2.75) is 4.46 Å². The van der Waals surface area contributed by atoms with Gasteiger partial charge in [-0.25, -0.2) is 4.99 Å². The van der Waals surface area contributed by atoms with Gasteiger partial charge in [0.1, 0.15) is 0 Å². The van der Waals surface area contributed by atoms with Crippen molar-refractivity contribution in [2.24, 2.45) is 4.99 Å². The van der Waals surface area contributed by atoms with Crippen LogP contribution in [0.4, 0.5) is 0 Å². The number of nitrogens with one attached hydrogen (secondary N) is 1. The minimum atomic E-state index is -1.28. The molecule has 0 amide bonds. The summed E-state index contributed by atoms with van der Waals surface area (Å²) in [6.07, 6.45) is 2.86. The lowest BCUT2D eigenvalue weighted by atomic mass is 10.5. The van der Waals surface area contributed by atoms with Crippen molar-refractivity contribution in [3.8, 4) is 0 Å². The SMILES string of the molecule is ClC1=CNC=NC1(Cl)Cl. The van der Waals surface area contributed by atoms with E-state index >= 15 is 0 Å². The highest BCUT2D eigenvalue weighted by Gasteiger charge is 2.27. The Morgan fingerprint density at radius 2 is 2.22 bits per heavy atom. The van der Waals surface area contributed by atoms with Gasteiger partial charge in [0.2, 0.25) is 4.46 Å². The predicted octanol–water partition coefficient (Wildman–Crippen LogP) is 1.83. The molecule has 0 aromatic carbocycles. The van der Waals surface area contributed by atoms with E-state index in [2.05, 4.69) is 10.3 Å². The fraction of sp³-hybridized carbons (Fsp3) is 0.250. The Labute approximate surface area is 67.5 Å². The number of alkyl halides is 2. The van der Waals surface area contributed by atoms with Gasteiger partial charge in [-0.3, -0.25) is 0 Å². The van der Waals surface area contributed by atoms with Gasteiger partial charge in [0, 0.05) is 6.20 Å². The maximum atomic E-state index is 5.55. The lowest BCUT2D eigenvalue weighted by Gasteiger charge is -2.15. The minimum Gasteiger partial charge on any atom is -0.352 e. The fourth-order valence-corrected chi connectivity index (χ4v) is 0.696. The van der Waals surface area contributed by atoms with E-state index in [-0.39, 0.29) is 5.03 Å². The summed E-state index contributed by atoms with van der Waals surface area (Å²) < 4.78 is -1.28. The average molecular weight is 185 g/mol. The van der Waals surface area contributed by atoms with Gasteiger partial charge in [0.05, 0.1) is 11.4 Å². The summed E-state index contributed by atoms with van der Waals surface area (Å²) >= 11 is 16.6. The second-order valence-electron chi connectivity index (χ2n) is 1.46. The molecule has 9 heavy (non-hydrogen) atoms. The molecule has 0 fully saturated rings. The van der Waals surface area contributed by atoms with Crippen LogP contribution >= 0.6 is 34.8 Å². The van der Waals surface area contributed by atoms with Crippen LogP contribution in [0.1, 0.15) is 0 Å². The van der Waals surface area contributed by atoms with E-state index in [1.54, 1.807) is 0 Å². The molecule has 0 aromatic heterocycles. The quantitative estimate of drug-likeness (QED) is 0.452. The summed E-state index contributed by atoms with van der Waals surface area (Å²) in [4.78, 5) is 3.64. The first-order chi connectivity index (χ1) is 4.13. The molecule has 1 aliphatic heterocycles. The molecule has 0 aromatic rings. The third-order valence-corrected chi connectivity index (χ3v) is 1.98. The van der Waals surface area contributed by atoms with Crippen LogP contribution < -0.4 is 5.32 Å². The molecule has 1 rings (SSSR count). The third kappa shape index (κ3) is 1.51. The predicted molar refractivity (Wildman–Crippen MR) is 40.0 cm³/mol.